The lowest BCUT2D eigenvalue weighted by atomic mass is 9.78. The van der Waals surface area contributed by atoms with Gasteiger partial charge in [0.05, 0.1) is 12.1 Å². The van der Waals surface area contributed by atoms with Gasteiger partial charge in [-0.2, -0.15) is 18.2 Å². The van der Waals surface area contributed by atoms with E-state index in [-0.39, 0.29) is 17.4 Å². The van der Waals surface area contributed by atoms with Crippen molar-refractivity contribution in [1.29, 1.82) is 0 Å². The Hall–Kier alpha value is -2.01. The van der Waals surface area contributed by atoms with Gasteiger partial charge in [-0.3, -0.25) is 4.79 Å². The Kier molecular flexibility index (Phi) is 8.23. The van der Waals surface area contributed by atoms with Gasteiger partial charge in [0.1, 0.15) is 5.78 Å². The Bertz CT molecular complexity index is 928. The number of fused-ring (bicyclic) bond motifs is 1. The number of carbonyl (C=O) groups excluding carboxylic acids is 1. The lowest BCUT2D eigenvalue weighted by molar-refractivity contribution is -0.153. The van der Waals surface area contributed by atoms with Gasteiger partial charge in [-0.15, -0.1) is 0 Å². The molecule has 188 valence electrons. The van der Waals surface area contributed by atoms with Crippen LogP contribution in [0.3, 0.4) is 0 Å². The van der Waals surface area contributed by atoms with Crippen molar-refractivity contribution in [3.8, 4) is 5.19 Å². The molecular formula is C23H31F3N4O3S. The Balaban J connectivity index is 1.13. The number of hydrogen-bond acceptors (Lipinski definition) is 8. The van der Waals surface area contributed by atoms with E-state index >= 15 is 0 Å². The monoisotopic (exact) mass is 500 g/mol. The first-order valence-corrected chi connectivity index (χ1v) is 12.8. The number of nitrogens with zero attached hydrogens (tertiary/aromatic N) is 4. The van der Waals surface area contributed by atoms with Gasteiger partial charge in [-0.05, 0) is 44.1 Å². The minimum absolute atomic E-state index is 0.124. The first-order valence-electron chi connectivity index (χ1n) is 11.9. The summed E-state index contributed by atoms with van der Waals surface area (Å²) < 4.78 is 46.8. The molecule has 4 rings (SSSR count). The molecule has 1 aliphatic carbocycles. The molecule has 2 aromatic rings. The van der Waals surface area contributed by atoms with E-state index in [4.69, 9.17) is 9.26 Å². The van der Waals surface area contributed by atoms with E-state index < -0.39 is 12.8 Å². The Morgan fingerprint density at radius 1 is 1.15 bits per heavy atom. The average molecular weight is 501 g/mol. The van der Waals surface area contributed by atoms with E-state index in [1.165, 1.54) is 11.3 Å². The highest BCUT2D eigenvalue weighted by Crippen LogP contribution is 2.34. The maximum absolute atomic E-state index is 12.4. The molecule has 1 saturated carbocycles. The predicted molar refractivity (Wildman–Crippen MR) is 120 cm³/mol. The van der Waals surface area contributed by atoms with Crippen LogP contribution in [0.5, 0.6) is 5.19 Å². The van der Waals surface area contributed by atoms with Crippen LogP contribution in [0.2, 0.25) is 0 Å². The fourth-order valence-corrected chi connectivity index (χ4v) is 5.83. The molecule has 2 aliphatic rings. The second kappa shape index (κ2) is 11.2. The van der Waals surface area contributed by atoms with Crippen molar-refractivity contribution >= 4 is 17.1 Å². The van der Waals surface area contributed by atoms with Crippen molar-refractivity contribution < 1.29 is 27.2 Å². The Morgan fingerprint density at radius 2 is 1.88 bits per heavy atom. The summed E-state index contributed by atoms with van der Waals surface area (Å²) in [5, 5.41) is 3.93. The van der Waals surface area contributed by atoms with Gasteiger partial charge in [0, 0.05) is 37.7 Å². The third-order valence-electron chi connectivity index (χ3n) is 6.70. The number of ketones is 1. The summed E-state index contributed by atoms with van der Waals surface area (Å²) in [5.41, 5.74) is 0.880. The molecule has 11 heteroatoms. The van der Waals surface area contributed by atoms with Crippen LogP contribution in [-0.4, -0.2) is 58.2 Å². The maximum Gasteiger partial charge on any atom is 0.422 e. The van der Waals surface area contributed by atoms with Gasteiger partial charge in [-0.1, -0.05) is 29.3 Å². The van der Waals surface area contributed by atoms with Gasteiger partial charge in [-0.25, -0.2) is 4.98 Å². The molecule has 0 aromatic carbocycles. The highest BCUT2D eigenvalue weighted by Gasteiger charge is 2.30. The molecule has 2 aromatic heterocycles. The lowest BCUT2D eigenvalue weighted by Gasteiger charge is -2.30. The van der Waals surface area contributed by atoms with Crippen molar-refractivity contribution in [2.24, 2.45) is 11.8 Å². The van der Waals surface area contributed by atoms with E-state index in [2.05, 4.69) is 20.0 Å². The largest absolute Gasteiger partial charge is 0.460 e. The molecule has 34 heavy (non-hydrogen) atoms. The van der Waals surface area contributed by atoms with E-state index in [0.29, 0.717) is 30.0 Å². The SMILES string of the molecule is Cc1nc(CC(=O)CC2CCC(CCN3CCc4nc(OCC(F)(F)F)sc4CC3)CC2)no1. The number of aryl methyl sites for hydroxylation is 1. The average Bonchev–Trinajstić information content (AvgIpc) is 3.32. The molecule has 0 unspecified atom stereocenters. The first-order chi connectivity index (χ1) is 16.2. The van der Waals surface area contributed by atoms with Crippen LogP contribution in [0.15, 0.2) is 4.52 Å². The topological polar surface area (TPSA) is 81.4 Å². The number of Topliss-reactive ketones (excluding diaryl/α,β-unsaturated/α-hetero) is 1. The highest BCUT2D eigenvalue weighted by atomic mass is 32.1. The molecular weight excluding hydrogens is 469 g/mol. The van der Waals surface area contributed by atoms with Crippen molar-refractivity contribution in [2.75, 3.05) is 26.2 Å². The zero-order valence-corrected chi connectivity index (χ0v) is 20.2. The van der Waals surface area contributed by atoms with Crippen molar-refractivity contribution in [3.63, 3.8) is 0 Å². The molecule has 1 fully saturated rings. The molecule has 0 amide bonds. The fraction of sp³-hybridized carbons (Fsp3) is 0.739. The lowest BCUT2D eigenvalue weighted by Crippen LogP contribution is -2.30. The smallest absolute Gasteiger partial charge is 0.422 e. The Morgan fingerprint density at radius 3 is 2.59 bits per heavy atom. The van der Waals surface area contributed by atoms with Crippen LogP contribution in [-0.2, 0) is 24.1 Å². The number of halogens is 3. The molecule has 0 radical (unpaired) electrons. The standard InChI is InChI=1S/C23H31F3N4O3S/c1-15-27-21(29-33-15)13-18(31)12-17-4-2-16(3-5-17)6-9-30-10-7-19-20(8-11-30)34-22(28-19)32-14-23(24,25)26/h16-17H,2-14H2,1H3. The zero-order chi connectivity index (χ0) is 24.1. The van der Waals surface area contributed by atoms with Gasteiger partial charge in [0.15, 0.2) is 12.4 Å². The summed E-state index contributed by atoms with van der Waals surface area (Å²) in [4.78, 5) is 24.2. The minimum Gasteiger partial charge on any atom is -0.460 e. The summed E-state index contributed by atoms with van der Waals surface area (Å²) >= 11 is 1.24. The normalized spacial score (nSPS) is 21.8. The van der Waals surface area contributed by atoms with E-state index in [1.54, 1.807) is 6.92 Å². The van der Waals surface area contributed by atoms with Gasteiger partial charge >= 0.3 is 6.18 Å². The van der Waals surface area contributed by atoms with Crippen LogP contribution in [0.1, 0.15) is 60.8 Å². The summed E-state index contributed by atoms with van der Waals surface area (Å²) in [6.45, 7) is 3.22. The van der Waals surface area contributed by atoms with Crippen LogP contribution in [0, 0.1) is 18.8 Å². The fourth-order valence-electron chi connectivity index (χ4n) is 4.89. The Labute approximate surface area is 201 Å². The molecule has 7 nitrogen and oxygen atoms in total. The second-order valence-corrected chi connectivity index (χ2v) is 10.5. The third kappa shape index (κ3) is 7.49. The molecule has 1 aliphatic heterocycles. The number of hydrogen-bond donors (Lipinski definition) is 0. The minimum atomic E-state index is -4.34. The molecule has 0 N–H and O–H groups in total. The van der Waals surface area contributed by atoms with Crippen LogP contribution < -0.4 is 4.74 Å². The second-order valence-electron chi connectivity index (χ2n) is 9.42. The zero-order valence-electron chi connectivity index (χ0n) is 19.4. The van der Waals surface area contributed by atoms with E-state index in [9.17, 15) is 18.0 Å². The number of ether oxygens (including phenoxy) is 1. The third-order valence-corrected chi connectivity index (χ3v) is 7.77. The van der Waals surface area contributed by atoms with Crippen molar-refractivity contribution in [3.05, 3.63) is 22.3 Å². The molecule has 0 bridgehead atoms. The summed E-state index contributed by atoms with van der Waals surface area (Å²) in [7, 11) is 0. The number of alkyl halides is 3. The number of carbonyl (C=O) groups is 1. The maximum atomic E-state index is 12.4. The van der Waals surface area contributed by atoms with Crippen molar-refractivity contribution in [1.82, 2.24) is 20.0 Å². The van der Waals surface area contributed by atoms with Crippen LogP contribution >= 0.6 is 11.3 Å². The molecule has 0 spiro atoms. The van der Waals surface area contributed by atoms with Crippen LogP contribution in [0.25, 0.3) is 0 Å². The summed E-state index contributed by atoms with van der Waals surface area (Å²) in [6.07, 6.45) is 3.68. The molecule has 0 atom stereocenters. The molecule has 0 saturated heterocycles. The first kappa shape index (κ1) is 25.1. The highest BCUT2D eigenvalue weighted by molar-refractivity contribution is 7.13. The number of rotatable bonds is 9. The van der Waals surface area contributed by atoms with E-state index in [1.807, 2.05) is 0 Å². The number of thiazole rings is 1. The van der Waals surface area contributed by atoms with Crippen molar-refractivity contribution in [2.45, 2.75) is 70.9 Å². The molecule has 3 heterocycles. The summed E-state index contributed by atoms with van der Waals surface area (Å²) in [5.74, 6) is 2.28. The van der Waals surface area contributed by atoms with Gasteiger partial charge < -0.3 is 14.2 Å². The van der Waals surface area contributed by atoms with Gasteiger partial charge in [0.2, 0.25) is 5.89 Å². The number of aromatic nitrogens is 3. The van der Waals surface area contributed by atoms with Gasteiger partial charge in [0.25, 0.3) is 5.19 Å². The van der Waals surface area contributed by atoms with Crippen LogP contribution in [0.4, 0.5) is 13.2 Å². The quantitative estimate of drug-likeness (QED) is 0.499. The predicted octanol–water partition coefficient (Wildman–Crippen LogP) is 4.57. The van der Waals surface area contributed by atoms with E-state index in [0.717, 1.165) is 75.2 Å². The summed E-state index contributed by atoms with van der Waals surface area (Å²) in [6, 6.07) is 0.